The number of benzene rings is 2. The molecule has 7 nitrogen and oxygen atoms in total. The minimum Gasteiger partial charge on any atom is -0.493 e. The van der Waals surface area contributed by atoms with E-state index in [0.717, 1.165) is 11.1 Å². The lowest BCUT2D eigenvalue weighted by atomic mass is 10.2. The zero-order valence-corrected chi connectivity index (χ0v) is 16.6. The van der Waals surface area contributed by atoms with Gasteiger partial charge >= 0.3 is 0 Å². The SMILES string of the molecule is COc1cc(/C=N\NC(=O)CSc2ncccn2)ccc1OCc1ccccc1. The molecule has 1 N–H and O–H groups in total. The largest absolute Gasteiger partial charge is 0.493 e. The summed E-state index contributed by atoms with van der Waals surface area (Å²) in [4.78, 5) is 20.0. The molecule has 8 heteroatoms. The van der Waals surface area contributed by atoms with E-state index in [0.29, 0.717) is 23.3 Å². The molecule has 3 aromatic rings. The first-order valence-corrected chi connectivity index (χ1v) is 9.79. The lowest BCUT2D eigenvalue weighted by molar-refractivity contribution is -0.118. The first-order chi connectivity index (χ1) is 14.2. The van der Waals surface area contributed by atoms with Crippen molar-refractivity contribution in [2.75, 3.05) is 12.9 Å². The maximum absolute atomic E-state index is 11.9. The number of hydrazone groups is 1. The van der Waals surface area contributed by atoms with Crippen LogP contribution in [0.15, 0.2) is 77.2 Å². The number of nitrogens with zero attached hydrogens (tertiary/aromatic N) is 3. The Bertz CT molecular complexity index is 953. The number of nitrogens with one attached hydrogen (secondary N) is 1. The highest BCUT2D eigenvalue weighted by atomic mass is 32.2. The molecule has 148 valence electrons. The second kappa shape index (κ2) is 10.8. The number of carbonyl (C=O) groups excluding carboxylic acids is 1. The van der Waals surface area contributed by atoms with Crippen LogP contribution in [-0.4, -0.2) is 35.0 Å². The van der Waals surface area contributed by atoms with Gasteiger partial charge in [-0.3, -0.25) is 4.79 Å². The van der Waals surface area contributed by atoms with Crippen LogP contribution in [0.1, 0.15) is 11.1 Å². The number of methoxy groups -OCH3 is 1. The molecule has 1 heterocycles. The Morgan fingerprint density at radius 1 is 1.10 bits per heavy atom. The molecule has 0 aliphatic rings. The highest BCUT2D eigenvalue weighted by Gasteiger charge is 2.06. The van der Waals surface area contributed by atoms with Gasteiger partial charge in [-0.05, 0) is 35.4 Å². The number of carbonyl (C=O) groups is 1. The van der Waals surface area contributed by atoms with E-state index in [9.17, 15) is 4.79 Å². The second-order valence-corrected chi connectivity index (χ2v) is 6.74. The Labute approximate surface area is 173 Å². The number of thioether (sulfide) groups is 1. The molecule has 0 radical (unpaired) electrons. The van der Waals surface area contributed by atoms with Crippen LogP contribution in [0.5, 0.6) is 11.5 Å². The normalized spacial score (nSPS) is 10.7. The van der Waals surface area contributed by atoms with E-state index < -0.39 is 0 Å². The number of aromatic nitrogens is 2. The third kappa shape index (κ3) is 6.62. The van der Waals surface area contributed by atoms with Crippen molar-refractivity contribution in [1.82, 2.24) is 15.4 Å². The Morgan fingerprint density at radius 3 is 2.66 bits per heavy atom. The molecule has 3 rings (SSSR count). The van der Waals surface area contributed by atoms with Crippen LogP contribution < -0.4 is 14.9 Å². The maximum atomic E-state index is 11.9. The third-order valence-electron chi connectivity index (χ3n) is 3.70. The molecule has 0 unspecified atom stereocenters. The standard InChI is InChI=1S/C21H20N4O3S/c1-27-19-12-17(8-9-18(19)28-14-16-6-3-2-4-7-16)13-24-25-20(26)15-29-21-22-10-5-11-23-21/h2-13H,14-15H2,1H3,(H,25,26)/b24-13-. The predicted molar refractivity (Wildman–Crippen MR) is 112 cm³/mol. The summed E-state index contributed by atoms with van der Waals surface area (Å²) in [5.74, 6) is 1.16. The van der Waals surface area contributed by atoms with E-state index in [1.54, 1.807) is 37.9 Å². The van der Waals surface area contributed by atoms with E-state index >= 15 is 0 Å². The first kappa shape index (κ1) is 20.3. The highest BCUT2D eigenvalue weighted by Crippen LogP contribution is 2.28. The average molecular weight is 408 g/mol. The summed E-state index contributed by atoms with van der Waals surface area (Å²) in [5, 5.41) is 4.52. The molecule has 0 saturated heterocycles. The van der Waals surface area contributed by atoms with Crippen molar-refractivity contribution >= 4 is 23.9 Å². The van der Waals surface area contributed by atoms with E-state index in [2.05, 4.69) is 20.5 Å². The van der Waals surface area contributed by atoms with Gasteiger partial charge in [0, 0.05) is 12.4 Å². The van der Waals surface area contributed by atoms with Crippen LogP contribution >= 0.6 is 11.8 Å². The van der Waals surface area contributed by atoms with Gasteiger partial charge in [-0.25, -0.2) is 15.4 Å². The van der Waals surface area contributed by atoms with Crippen molar-refractivity contribution < 1.29 is 14.3 Å². The molecule has 29 heavy (non-hydrogen) atoms. The number of rotatable bonds is 9. The van der Waals surface area contributed by atoms with Crippen LogP contribution in [0.3, 0.4) is 0 Å². The van der Waals surface area contributed by atoms with Gasteiger partial charge in [0.25, 0.3) is 5.91 Å². The maximum Gasteiger partial charge on any atom is 0.250 e. The molecule has 2 aromatic carbocycles. The molecule has 0 aliphatic carbocycles. The topological polar surface area (TPSA) is 85.7 Å². The molecular formula is C21H20N4O3S. The van der Waals surface area contributed by atoms with Gasteiger partial charge in [0.1, 0.15) is 6.61 Å². The van der Waals surface area contributed by atoms with Crippen molar-refractivity contribution in [1.29, 1.82) is 0 Å². The lowest BCUT2D eigenvalue weighted by Gasteiger charge is -2.11. The summed E-state index contributed by atoms with van der Waals surface area (Å²) < 4.78 is 11.2. The summed E-state index contributed by atoms with van der Waals surface area (Å²) in [6.07, 6.45) is 4.81. The zero-order chi connectivity index (χ0) is 20.3. The number of amides is 1. The molecule has 0 spiro atoms. The summed E-state index contributed by atoms with van der Waals surface area (Å²) >= 11 is 1.24. The monoisotopic (exact) mass is 408 g/mol. The Kier molecular flexibility index (Phi) is 7.59. The van der Waals surface area contributed by atoms with Crippen LogP contribution in [0.25, 0.3) is 0 Å². The van der Waals surface area contributed by atoms with E-state index in [1.165, 1.54) is 11.8 Å². The highest BCUT2D eigenvalue weighted by molar-refractivity contribution is 7.99. The van der Waals surface area contributed by atoms with Gasteiger partial charge in [0.2, 0.25) is 0 Å². The zero-order valence-electron chi connectivity index (χ0n) is 15.8. The van der Waals surface area contributed by atoms with Crippen LogP contribution in [0.4, 0.5) is 0 Å². The summed E-state index contributed by atoms with van der Waals surface area (Å²) in [7, 11) is 1.58. The van der Waals surface area contributed by atoms with Crippen LogP contribution in [-0.2, 0) is 11.4 Å². The van der Waals surface area contributed by atoms with Crippen LogP contribution in [0, 0.1) is 0 Å². The second-order valence-electron chi connectivity index (χ2n) is 5.80. The van der Waals surface area contributed by atoms with Crippen molar-refractivity contribution in [2.45, 2.75) is 11.8 Å². The van der Waals surface area contributed by atoms with Gasteiger partial charge in [0.05, 0.1) is 19.1 Å². The molecule has 1 amide bonds. The molecule has 0 bridgehead atoms. The number of hydrogen-bond acceptors (Lipinski definition) is 7. The van der Waals surface area contributed by atoms with E-state index in [4.69, 9.17) is 9.47 Å². The Balaban J connectivity index is 1.51. The number of hydrogen-bond donors (Lipinski definition) is 1. The predicted octanol–water partition coefficient (Wildman–Crippen LogP) is 3.31. The van der Waals surface area contributed by atoms with Gasteiger partial charge < -0.3 is 9.47 Å². The van der Waals surface area contributed by atoms with Crippen molar-refractivity contribution in [3.05, 3.63) is 78.1 Å². The summed E-state index contributed by atoms with van der Waals surface area (Å²) in [6, 6.07) is 17.1. The number of ether oxygens (including phenoxy) is 2. The summed E-state index contributed by atoms with van der Waals surface area (Å²) in [5.41, 5.74) is 4.32. The van der Waals surface area contributed by atoms with Gasteiger partial charge in [-0.2, -0.15) is 5.10 Å². The van der Waals surface area contributed by atoms with Crippen molar-refractivity contribution in [3.63, 3.8) is 0 Å². The molecular weight excluding hydrogens is 388 g/mol. The fraction of sp³-hybridized carbons (Fsp3) is 0.143. The van der Waals surface area contributed by atoms with Gasteiger partial charge in [-0.15, -0.1) is 0 Å². The molecule has 0 atom stereocenters. The smallest absolute Gasteiger partial charge is 0.250 e. The Hall–Kier alpha value is -3.39. The van der Waals surface area contributed by atoms with Crippen molar-refractivity contribution in [3.8, 4) is 11.5 Å². The van der Waals surface area contributed by atoms with Crippen LogP contribution in [0.2, 0.25) is 0 Å². The van der Waals surface area contributed by atoms with Crippen molar-refractivity contribution in [2.24, 2.45) is 5.10 Å². The molecule has 1 aromatic heterocycles. The third-order valence-corrected chi connectivity index (χ3v) is 4.58. The fourth-order valence-electron chi connectivity index (χ4n) is 2.32. The molecule has 0 fully saturated rings. The quantitative estimate of drug-likeness (QED) is 0.253. The molecule has 0 saturated carbocycles. The Morgan fingerprint density at radius 2 is 1.90 bits per heavy atom. The van der Waals surface area contributed by atoms with E-state index in [1.807, 2.05) is 42.5 Å². The van der Waals surface area contributed by atoms with Gasteiger partial charge in [-0.1, -0.05) is 42.1 Å². The lowest BCUT2D eigenvalue weighted by Crippen LogP contribution is -2.19. The minimum atomic E-state index is -0.242. The van der Waals surface area contributed by atoms with E-state index in [-0.39, 0.29) is 11.7 Å². The summed E-state index contributed by atoms with van der Waals surface area (Å²) in [6.45, 7) is 0.448. The first-order valence-electron chi connectivity index (χ1n) is 8.81. The minimum absolute atomic E-state index is 0.178. The average Bonchev–Trinajstić information content (AvgIpc) is 2.78. The van der Waals surface area contributed by atoms with Gasteiger partial charge in [0.15, 0.2) is 16.7 Å². The molecule has 0 aliphatic heterocycles. The fourth-order valence-corrected chi connectivity index (χ4v) is 2.92.